The molecule has 1 aliphatic rings. The topological polar surface area (TPSA) is 116 Å². The molecular formula is C16H21N3O6. The molecule has 0 aliphatic heterocycles. The van der Waals surface area contributed by atoms with Crippen molar-refractivity contribution in [2.24, 2.45) is 0 Å². The molecular weight excluding hydrogens is 330 g/mol. The van der Waals surface area contributed by atoms with Crippen LogP contribution in [-0.2, 0) is 9.53 Å². The SMILES string of the molecule is C=CCN(CC=C)C1([N+](=O)[O-])C=CC(C(=O)OCCC)=CC1[N+](=O)[O-]. The molecule has 0 spiro atoms. The minimum Gasteiger partial charge on any atom is -0.462 e. The Labute approximate surface area is 145 Å². The Hall–Kier alpha value is -2.81. The summed E-state index contributed by atoms with van der Waals surface area (Å²) in [4.78, 5) is 35.1. The smallest absolute Gasteiger partial charge is 0.367 e. The van der Waals surface area contributed by atoms with Crippen LogP contribution < -0.4 is 0 Å². The second-order valence-electron chi connectivity index (χ2n) is 5.34. The van der Waals surface area contributed by atoms with E-state index in [2.05, 4.69) is 13.2 Å². The number of carbonyl (C=O) groups excluding carboxylic acids is 1. The molecule has 2 atom stereocenters. The number of rotatable bonds is 10. The van der Waals surface area contributed by atoms with Crippen molar-refractivity contribution in [2.75, 3.05) is 19.7 Å². The molecule has 0 aromatic carbocycles. The van der Waals surface area contributed by atoms with Crippen molar-refractivity contribution in [3.05, 3.63) is 69.3 Å². The molecule has 0 N–H and O–H groups in total. The fourth-order valence-electron chi connectivity index (χ4n) is 2.54. The van der Waals surface area contributed by atoms with E-state index in [4.69, 9.17) is 4.74 Å². The van der Waals surface area contributed by atoms with Crippen LogP contribution in [0.5, 0.6) is 0 Å². The van der Waals surface area contributed by atoms with Gasteiger partial charge in [0, 0.05) is 30.2 Å². The van der Waals surface area contributed by atoms with Crippen LogP contribution in [-0.4, -0.2) is 52.1 Å². The summed E-state index contributed by atoms with van der Waals surface area (Å²) in [5.41, 5.74) is -2.23. The summed E-state index contributed by atoms with van der Waals surface area (Å²) in [5.74, 6) is -0.749. The van der Waals surface area contributed by atoms with Gasteiger partial charge in [0.05, 0.1) is 17.1 Å². The van der Waals surface area contributed by atoms with Gasteiger partial charge in [-0.05, 0) is 12.5 Å². The largest absolute Gasteiger partial charge is 0.462 e. The van der Waals surface area contributed by atoms with Gasteiger partial charge in [-0.1, -0.05) is 19.1 Å². The summed E-state index contributed by atoms with van der Waals surface area (Å²) >= 11 is 0. The fourth-order valence-corrected chi connectivity index (χ4v) is 2.54. The molecule has 25 heavy (non-hydrogen) atoms. The van der Waals surface area contributed by atoms with Gasteiger partial charge in [-0.25, -0.2) is 9.69 Å². The molecule has 1 aliphatic carbocycles. The summed E-state index contributed by atoms with van der Waals surface area (Å²) < 4.78 is 4.95. The maximum absolute atomic E-state index is 11.9. The fraction of sp³-hybridized carbons (Fsp3) is 0.438. The molecule has 0 radical (unpaired) electrons. The average molecular weight is 351 g/mol. The molecule has 0 bridgehead atoms. The Morgan fingerprint density at radius 3 is 2.40 bits per heavy atom. The lowest BCUT2D eigenvalue weighted by atomic mass is 9.90. The summed E-state index contributed by atoms with van der Waals surface area (Å²) in [6.45, 7) is 9.09. The van der Waals surface area contributed by atoms with Crippen molar-refractivity contribution in [1.29, 1.82) is 0 Å². The Morgan fingerprint density at radius 2 is 1.96 bits per heavy atom. The van der Waals surface area contributed by atoms with Crippen molar-refractivity contribution >= 4 is 5.97 Å². The van der Waals surface area contributed by atoms with Gasteiger partial charge >= 0.3 is 17.7 Å². The van der Waals surface area contributed by atoms with Crippen LogP contribution in [0.1, 0.15) is 13.3 Å². The number of esters is 1. The minimum absolute atomic E-state index is 0.0329. The van der Waals surface area contributed by atoms with Crippen molar-refractivity contribution in [2.45, 2.75) is 25.0 Å². The van der Waals surface area contributed by atoms with Gasteiger partial charge in [0.25, 0.3) is 0 Å². The summed E-state index contributed by atoms with van der Waals surface area (Å²) in [5, 5.41) is 23.4. The van der Waals surface area contributed by atoms with E-state index in [9.17, 15) is 25.0 Å². The predicted molar refractivity (Wildman–Crippen MR) is 90.9 cm³/mol. The molecule has 0 amide bonds. The van der Waals surface area contributed by atoms with Crippen molar-refractivity contribution < 1.29 is 19.4 Å². The minimum atomic E-state index is -2.15. The summed E-state index contributed by atoms with van der Waals surface area (Å²) in [7, 11) is 0. The van der Waals surface area contributed by atoms with E-state index in [1.54, 1.807) is 6.92 Å². The monoisotopic (exact) mass is 351 g/mol. The third-order valence-electron chi connectivity index (χ3n) is 3.68. The van der Waals surface area contributed by atoms with Gasteiger partial charge in [0.15, 0.2) is 0 Å². The Morgan fingerprint density at radius 1 is 1.36 bits per heavy atom. The number of hydrogen-bond acceptors (Lipinski definition) is 7. The van der Waals surface area contributed by atoms with Gasteiger partial charge in [0.1, 0.15) is 0 Å². The highest BCUT2D eigenvalue weighted by Gasteiger charge is 2.61. The molecule has 0 aromatic rings. The van der Waals surface area contributed by atoms with E-state index in [-0.39, 0.29) is 25.3 Å². The van der Waals surface area contributed by atoms with E-state index >= 15 is 0 Å². The van der Waals surface area contributed by atoms with Gasteiger partial charge < -0.3 is 4.74 Å². The molecule has 136 valence electrons. The van der Waals surface area contributed by atoms with Gasteiger partial charge in [-0.15, -0.1) is 13.2 Å². The van der Waals surface area contributed by atoms with Crippen LogP contribution in [0.15, 0.2) is 49.1 Å². The predicted octanol–water partition coefficient (Wildman–Crippen LogP) is 1.73. The van der Waals surface area contributed by atoms with Crippen molar-refractivity contribution in [3.63, 3.8) is 0 Å². The zero-order valence-electron chi connectivity index (χ0n) is 14.0. The van der Waals surface area contributed by atoms with Crippen molar-refractivity contribution in [1.82, 2.24) is 4.90 Å². The highest BCUT2D eigenvalue weighted by atomic mass is 16.7. The number of hydrogen-bond donors (Lipinski definition) is 0. The van der Waals surface area contributed by atoms with E-state index in [1.165, 1.54) is 23.1 Å². The molecule has 0 saturated heterocycles. The summed E-state index contributed by atoms with van der Waals surface area (Å²) in [6, 6.07) is -1.77. The normalized spacial score (nSPS) is 22.2. The van der Waals surface area contributed by atoms with E-state index in [0.717, 1.165) is 12.2 Å². The highest BCUT2D eigenvalue weighted by Crippen LogP contribution is 2.31. The molecule has 0 saturated carbocycles. The van der Waals surface area contributed by atoms with Crippen LogP contribution >= 0.6 is 0 Å². The first kappa shape index (κ1) is 20.2. The lowest BCUT2D eigenvalue weighted by Crippen LogP contribution is -2.63. The third-order valence-corrected chi connectivity index (χ3v) is 3.68. The third kappa shape index (κ3) is 4.18. The first-order chi connectivity index (χ1) is 11.8. The summed E-state index contributed by atoms with van der Waals surface area (Å²) in [6.07, 6.45) is 6.64. The van der Waals surface area contributed by atoms with Crippen molar-refractivity contribution in [3.8, 4) is 0 Å². The molecule has 0 fully saturated rings. The maximum Gasteiger partial charge on any atom is 0.367 e. The molecule has 0 aromatic heterocycles. The Kier molecular flexibility index (Phi) is 7.19. The Bertz CT molecular complexity index is 617. The van der Waals surface area contributed by atoms with E-state index < -0.39 is 27.5 Å². The van der Waals surface area contributed by atoms with Crippen LogP contribution in [0.3, 0.4) is 0 Å². The molecule has 0 heterocycles. The van der Waals surface area contributed by atoms with E-state index in [0.29, 0.717) is 6.42 Å². The van der Waals surface area contributed by atoms with Crippen LogP contribution in [0.2, 0.25) is 0 Å². The van der Waals surface area contributed by atoms with Gasteiger partial charge in [-0.2, -0.15) is 0 Å². The molecule has 9 nitrogen and oxygen atoms in total. The van der Waals surface area contributed by atoms with E-state index in [1.807, 2.05) is 0 Å². The lowest BCUT2D eigenvalue weighted by Gasteiger charge is -2.34. The molecule has 2 unspecified atom stereocenters. The van der Waals surface area contributed by atoms with Gasteiger partial charge in [-0.3, -0.25) is 20.2 Å². The zero-order valence-corrected chi connectivity index (χ0v) is 14.0. The standard InChI is InChI=1S/C16H21N3O6/c1-4-9-17(10-5-2)16(19(23)24)8-7-13(12-14(16)18(21)22)15(20)25-11-6-3/h4-5,7-8,12,14H,1-2,6,9-11H2,3H3. The first-order valence-corrected chi connectivity index (χ1v) is 7.68. The number of ether oxygens (including phenoxy) is 1. The number of nitrogens with zero attached hydrogens (tertiary/aromatic N) is 3. The van der Waals surface area contributed by atoms with Crippen LogP contribution in [0, 0.1) is 20.2 Å². The highest BCUT2D eigenvalue weighted by molar-refractivity contribution is 5.92. The molecule has 1 rings (SSSR count). The quantitative estimate of drug-likeness (QED) is 0.193. The van der Waals surface area contributed by atoms with Crippen LogP contribution in [0.4, 0.5) is 0 Å². The zero-order chi connectivity index (χ0) is 19.0. The number of nitro groups is 2. The number of carbonyl (C=O) groups is 1. The van der Waals surface area contributed by atoms with Crippen LogP contribution in [0.25, 0.3) is 0 Å². The second kappa shape index (κ2) is 8.88. The second-order valence-corrected chi connectivity index (χ2v) is 5.34. The Balaban J connectivity index is 3.37. The van der Waals surface area contributed by atoms with Gasteiger partial charge in [0.2, 0.25) is 0 Å². The first-order valence-electron chi connectivity index (χ1n) is 7.68. The maximum atomic E-state index is 11.9. The lowest BCUT2D eigenvalue weighted by molar-refractivity contribution is -0.656. The molecule has 9 heteroatoms. The average Bonchev–Trinajstić information content (AvgIpc) is 2.58.